The Hall–Kier alpha value is -1.83. The van der Waals surface area contributed by atoms with Gasteiger partial charge in [-0.15, -0.1) is 0 Å². The molecule has 6 nitrogen and oxygen atoms in total. The van der Waals surface area contributed by atoms with Crippen molar-refractivity contribution in [3.05, 3.63) is 62.4 Å². The van der Waals surface area contributed by atoms with Gasteiger partial charge in [0.15, 0.2) is 0 Å². The first-order valence-corrected chi connectivity index (χ1v) is 11.2. The van der Waals surface area contributed by atoms with Crippen LogP contribution in [-0.4, -0.2) is 34.0 Å². The highest BCUT2D eigenvalue weighted by atomic mass is 35.5. The van der Waals surface area contributed by atoms with E-state index in [1.807, 2.05) is 0 Å². The summed E-state index contributed by atoms with van der Waals surface area (Å²) in [7, 11) is 0. The number of carbonyl (C=O) groups is 1. The van der Waals surface area contributed by atoms with Crippen LogP contribution in [0.2, 0.25) is 20.1 Å². The molecule has 1 saturated heterocycles. The summed E-state index contributed by atoms with van der Waals surface area (Å²) in [6.45, 7) is 1.87. The van der Waals surface area contributed by atoms with E-state index in [0.29, 0.717) is 56.1 Å². The van der Waals surface area contributed by atoms with Crippen molar-refractivity contribution in [2.24, 2.45) is 5.92 Å². The van der Waals surface area contributed by atoms with Crippen LogP contribution < -0.4 is 5.32 Å². The predicted molar refractivity (Wildman–Crippen MR) is 123 cm³/mol. The number of halogens is 4. The molecule has 3 aromatic rings. The Morgan fingerprint density at radius 3 is 2.58 bits per heavy atom. The van der Waals surface area contributed by atoms with E-state index >= 15 is 0 Å². The fraction of sp³-hybridized carbons (Fsp3) is 0.286. The van der Waals surface area contributed by atoms with E-state index in [1.54, 1.807) is 36.4 Å². The fourth-order valence-electron chi connectivity index (χ4n) is 3.53. The number of rotatable bonds is 5. The summed E-state index contributed by atoms with van der Waals surface area (Å²) in [5.74, 6) is 0.616. The molecule has 1 N–H and O–H groups in total. The van der Waals surface area contributed by atoms with Gasteiger partial charge in [0.25, 0.3) is 0 Å². The van der Waals surface area contributed by atoms with Gasteiger partial charge < -0.3 is 9.84 Å². The van der Waals surface area contributed by atoms with Crippen molar-refractivity contribution in [3.63, 3.8) is 0 Å². The minimum absolute atomic E-state index is 0.0758. The zero-order valence-corrected chi connectivity index (χ0v) is 19.3. The van der Waals surface area contributed by atoms with E-state index in [9.17, 15) is 4.79 Å². The Morgan fingerprint density at radius 2 is 1.84 bits per heavy atom. The average molecular weight is 500 g/mol. The molecule has 0 bridgehead atoms. The highest BCUT2D eigenvalue weighted by Gasteiger charge is 2.27. The van der Waals surface area contributed by atoms with Crippen LogP contribution in [0.15, 0.2) is 40.9 Å². The molecule has 10 heteroatoms. The van der Waals surface area contributed by atoms with Crippen LogP contribution in [0.3, 0.4) is 0 Å². The van der Waals surface area contributed by atoms with Crippen molar-refractivity contribution in [2.75, 3.05) is 18.4 Å². The Labute approximate surface area is 199 Å². The van der Waals surface area contributed by atoms with Gasteiger partial charge in [0.05, 0.1) is 28.2 Å². The molecule has 1 atom stereocenters. The molecule has 0 radical (unpaired) electrons. The summed E-state index contributed by atoms with van der Waals surface area (Å²) in [6, 6.07) is 10.1. The third kappa shape index (κ3) is 5.51. The van der Waals surface area contributed by atoms with Crippen molar-refractivity contribution in [3.8, 4) is 11.4 Å². The van der Waals surface area contributed by atoms with Crippen molar-refractivity contribution in [2.45, 2.75) is 19.4 Å². The largest absolute Gasteiger partial charge is 0.338 e. The molecule has 0 aliphatic carbocycles. The van der Waals surface area contributed by atoms with Gasteiger partial charge in [-0.2, -0.15) is 4.98 Å². The second-order valence-corrected chi connectivity index (χ2v) is 9.01. The van der Waals surface area contributed by atoms with Crippen molar-refractivity contribution < 1.29 is 9.32 Å². The first-order chi connectivity index (χ1) is 14.9. The number of anilines is 1. The number of hydrogen-bond acceptors (Lipinski definition) is 5. The van der Waals surface area contributed by atoms with Gasteiger partial charge in [0, 0.05) is 22.2 Å². The molecule has 31 heavy (non-hydrogen) atoms. The summed E-state index contributed by atoms with van der Waals surface area (Å²) in [6.07, 6.45) is 1.68. The van der Waals surface area contributed by atoms with Crippen LogP contribution in [0.1, 0.15) is 18.7 Å². The van der Waals surface area contributed by atoms with Crippen molar-refractivity contribution in [1.82, 2.24) is 15.0 Å². The number of benzene rings is 2. The number of carbonyl (C=O) groups excluding carboxylic acids is 1. The predicted octanol–water partition coefficient (Wildman–Crippen LogP) is 6.20. The fourth-order valence-corrected chi connectivity index (χ4v) is 4.48. The highest BCUT2D eigenvalue weighted by Crippen LogP contribution is 2.29. The zero-order valence-electron chi connectivity index (χ0n) is 16.2. The Morgan fingerprint density at radius 1 is 1.10 bits per heavy atom. The number of amides is 1. The lowest BCUT2D eigenvalue weighted by atomic mass is 9.97. The van der Waals surface area contributed by atoms with Crippen LogP contribution in [0.5, 0.6) is 0 Å². The maximum atomic E-state index is 12.8. The monoisotopic (exact) mass is 498 g/mol. The minimum Gasteiger partial charge on any atom is -0.338 e. The first-order valence-electron chi connectivity index (χ1n) is 9.65. The summed E-state index contributed by atoms with van der Waals surface area (Å²) >= 11 is 24.3. The molecule has 2 aromatic carbocycles. The van der Waals surface area contributed by atoms with Crippen molar-refractivity contribution >= 4 is 58.0 Å². The molecule has 1 aromatic heterocycles. The number of hydrogen-bond donors (Lipinski definition) is 1. The minimum atomic E-state index is -0.173. The van der Waals surface area contributed by atoms with E-state index in [1.165, 1.54) is 0 Å². The zero-order chi connectivity index (χ0) is 22.0. The second kappa shape index (κ2) is 9.76. The maximum absolute atomic E-state index is 12.8. The van der Waals surface area contributed by atoms with E-state index < -0.39 is 0 Å². The Balaban J connectivity index is 1.39. The van der Waals surface area contributed by atoms with Gasteiger partial charge in [0.1, 0.15) is 0 Å². The third-order valence-corrected chi connectivity index (χ3v) is 6.16. The molecular weight excluding hydrogens is 482 g/mol. The molecule has 4 rings (SSSR count). The molecule has 0 saturated carbocycles. The Kier molecular flexibility index (Phi) is 7.04. The van der Waals surface area contributed by atoms with E-state index in [2.05, 4.69) is 20.4 Å². The summed E-state index contributed by atoms with van der Waals surface area (Å²) < 4.78 is 5.40. The summed E-state index contributed by atoms with van der Waals surface area (Å²) in [5, 5.41) is 8.84. The molecule has 1 aliphatic rings. The van der Waals surface area contributed by atoms with Gasteiger partial charge in [-0.05, 0) is 55.8 Å². The van der Waals surface area contributed by atoms with Crippen LogP contribution in [0, 0.1) is 5.92 Å². The standard InChI is InChI=1S/C21H18Cl4N4O2/c22-13-3-5-15(16(24)8-13)20-27-19(31-28-20)11-29-7-1-2-12(10-29)21(30)26-18-6-4-14(23)9-17(18)25/h3-6,8-9,12H,1-2,7,10-11H2,(H,26,30). The Bertz CT molecular complexity index is 1100. The number of nitrogens with zero attached hydrogens (tertiary/aromatic N) is 3. The normalized spacial score (nSPS) is 17.0. The van der Waals surface area contributed by atoms with E-state index in [-0.39, 0.29) is 11.8 Å². The molecule has 1 unspecified atom stereocenters. The molecule has 1 amide bonds. The molecule has 0 spiro atoms. The first kappa shape index (κ1) is 22.4. The summed E-state index contributed by atoms with van der Waals surface area (Å²) in [5.41, 5.74) is 1.20. The molecule has 1 fully saturated rings. The van der Waals surface area contributed by atoms with Gasteiger partial charge in [-0.25, -0.2) is 0 Å². The van der Waals surface area contributed by atoms with Crippen LogP contribution >= 0.6 is 46.4 Å². The molecule has 2 heterocycles. The van der Waals surface area contributed by atoms with E-state index in [4.69, 9.17) is 50.9 Å². The van der Waals surface area contributed by atoms with Crippen LogP contribution in [0.4, 0.5) is 5.69 Å². The van der Waals surface area contributed by atoms with E-state index in [0.717, 1.165) is 19.4 Å². The SMILES string of the molecule is O=C(Nc1ccc(Cl)cc1Cl)C1CCCN(Cc2nc(-c3ccc(Cl)cc3Cl)no2)C1. The highest BCUT2D eigenvalue weighted by molar-refractivity contribution is 6.37. The van der Waals surface area contributed by atoms with Crippen molar-refractivity contribution in [1.29, 1.82) is 0 Å². The number of likely N-dealkylation sites (tertiary alicyclic amines) is 1. The van der Waals surface area contributed by atoms with Gasteiger partial charge >= 0.3 is 0 Å². The van der Waals surface area contributed by atoms with Crippen LogP contribution in [0.25, 0.3) is 11.4 Å². The topological polar surface area (TPSA) is 71.3 Å². The lowest BCUT2D eigenvalue weighted by molar-refractivity contribution is -0.121. The molecule has 162 valence electrons. The number of aromatic nitrogens is 2. The third-order valence-electron chi connectivity index (χ3n) is 5.06. The van der Waals surface area contributed by atoms with Gasteiger partial charge in [0.2, 0.25) is 17.6 Å². The van der Waals surface area contributed by atoms with Gasteiger partial charge in [-0.3, -0.25) is 9.69 Å². The maximum Gasteiger partial charge on any atom is 0.241 e. The summed E-state index contributed by atoms with van der Waals surface area (Å²) in [4.78, 5) is 19.3. The average Bonchev–Trinajstić information content (AvgIpc) is 3.18. The lowest BCUT2D eigenvalue weighted by Crippen LogP contribution is -2.40. The quantitative estimate of drug-likeness (QED) is 0.452. The lowest BCUT2D eigenvalue weighted by Gasteiger charge is -2.30. The van der Waals surface area contributed by atoms with Crippen LogP contribution in [-0.2, 0) is 11.3 Å². The second-order valence-electron chi connectivity index (χ2n) is 7.32. The molecular formula is C21H18Cl4N4O2. The molecule has 1 aliphatic heterocycles. The number of piperidine rings is 1. The van der Waals surface area contributed by atoms with Gasteiger partial charge in [-0.1, -0.05) is 51.6 Å². The number of nitrogens with one attached hydrogen (secondary N) is 1. The smallest absolute Gasteiger partial charge is 0.241 e.